The van der Waals surface area contributed by atoms with Gasteiger partial charge in [-0.1, -0.05) is 27.7 Å². The van der Waals surface area contributed by atoms with E-state index in [0.717, 1.165) is 6.42 Å². The molecule has 0 aliphatic carbocycles. The van der Waals surface area contributed by atoms with Crippen LogP contribution in [0.4, 0.5) is 0 Å². The predicted octanol–water partition coefficient (Wildman–Crippen LogP) is 4.14. The second-order valence-corrected chi connectivity index (χ2v) is 6.84. The van der Waals surface area contributed by atoms with Crippen molar-refractivity contribution in [1.82, 2.24) is 4.90 Å². The molecule has 0 fully saturated rings. The van der Waals surface area contributed by atoms with Crippen LogP contribution in [-0.2, 0) is 4.79 Å². The molecule has 0 bridgehead atoms. The molecule has 0 heterocycles. The quantitative estimate of drug-likeness (QED) is 0.650. The van der Waals surface area contributed by atoms with Crippen molar-refractivity contribution < 1.29 is 4.79 Å². The summed E-state index contributed by atoms with van der Waals surface area (Å²) < 4.78 is 0. The molecule has 0 saturated heterocycles. The zero-order valence-corrected chi connectivity index (χ0v) is 13.7. The highest BCUT2D eigenvalue weighted by Gasteiger charge is 2.30. The lowest BCUT2D eigenvalue weighted by Crippen LogP contribution is -2.49. The molecular weight excluding hydrogens is 222 g/mol. The first-order valence-corrected chi connectivity index (χ1v) is 7.46. The Bertz CT molecular complexity index is 235. The van der Waals surface area contributed by atoms with E-state index >= 15 is 0 Å². The van der Waals surface area contributed by atoms with Crippen LogP contribution in [-0.4, -0.2) is 28.8 Å². The van der Waals surface area contributed by atoms with Crippen molar-refractivity contribution >= 4 is 5.78 Å². The largest absolute Gasteiger partial charge is 0.298 e. The van der Waals surface area contributed by atoms with Gasteiger partial charge in [0, 0.05) is 18.5 Å². The van der Waals surface area contributed by atoms with Gasteiger partial charge in [0.2, 0.25) is 0 Å². The van der Waals surface area contributed by atoms with E-state index in [0.29, 0.717) is 36.1 Å². The molecule has 0 spiro atoms. The molecule has 1 atom stereocenters. The highest BCUT2D eigenvalue weighted by Crippen LogP contribution is 2.21. The van der Waals surface area contributed by atoms with E-state index in [2.05, 4.69) is 60.3 Å². The maximum absolute atomic E-state index is 12.5. The van der Waals surface area contributed by atoms with Crippen LogP contribution in [0.1, 0.15) is 68.2 Å². The van der Waals surface area contributed by atoms with Crippen LogP contribution in [0.15, 0.2) is 0 Å². The SMILES string of the molecule is CC(C)CC(=O)C(CC(C)C)N(C(C)C)C(C)C. The molecule has 108 valence electrons. The van der Waals surface area contributed by atoms with Crippen LogP contribution in [0.3, 0.4) is 0 Å². The summed E-state index contributed by atoms with van der Waals surface area (Å²) in [4.78, 5) is 14.9. The molecule has 2 heteroatoms. The van der Waals surface area contributed by atoms with Gasteiger partial charge >= 0.3 is 0 Å². The normalized spacial score (nSPS) is 14.3. The van der Waals surface area contributed by atoms with Crippen LogP contribution < -0.4 is 0 Å². The van der Waals surface area contributed by atoms with Gasteiger partial charge in [-0.3, -0.25) is 9.69 Å². The van der Waals surface area contributed by atoms with Crippen LogP contribution >= 0.6 is 0 Å². The second-order valence-electron chi connectivity index (χ2n) is 6.84. The summed E-state index contributed by atoms with van der Waals surface area (Å²) in [5.74, 6) is 1.43. The average molecular weight is 255 g/mol. The van der Waals surface area contributed by atoms with Gasteiger partial charge in [0.05, 0.1) is 6.04 Å². The zero-order chi connectivity index (χ0) is 14.5. The number of carbonyl (C=O) groups is 1. The Morgan fingerprint density at radius 3 is 1.56 bits per heavy atom. The molecule has 18 heavy (non-hydrogen) atoms. The minimum Gasteiger partial charge on any atom is -0.298 e. The maximum atomic E-state index is 12.5. The number of carbonyl (C=O) groups excluding carboxylic acids is 1. The van der Waals surface area contributed by atoms with Crippen LogP contribution in [0, 0.1) is 11.8 Å². The molecule has 0 aromatic rings. The number of Topliss-reactive ketones (excluding diaryl/α,β-unsaturated/α-hetero) is 1. The fourth-order valence-corrected chi connectivity index (χ4v) is 2.72. The Labute approximate surface area is 114 Å². The van der Waals surface area contributed by atoms with Crippen molar-refractivity contribution in [2.75, 3.05) is 0 Å². The van der Waals surface area contributed by atoms with Gasteiger partial charge in [-0.15, -0.1) is 0 Å². The van der Waals surface area contributed by atoms with Gasteiger partial charge in [0.1, 0.15) is 5.78 Å². The molecule has 2 nitrogen and oxygen atoms in total. The first-order valence-electron chi connectivity index (χ1n) is 7.46. The topological polar surface area (TPSA) is 20.3 Å². The molecule has 0 amide bonds. The molecule has 0 aromatic heterocycles. The molecule has 0 rings (SSSR count). The van der Waals surface area contributed by atoms with E-state index in [9.17, 15) is 4.79 Å². The van der Waals surface area contributed by atoms with Gasteiger partial charge in [-0.05, 0) is 46.0 Å². The summed E-state index contributed by atoms with van der Waals surface area (Å²) in [7, 11) is 0. The second kappa shape index (κ2) is 7.93. The van der Waals surface area contributed by atoms with Crippen molar-refractivity contribution in [3.05, 3.63) is 0 Å². The maximum Gasteiger partial charge on any atom is 0.150 e. The van der Waals surface area contributed by atoms with Crippen molar-refractivity contribution in [2.24, 2.45) is 11.8 Å². The first-order chi connectivity index (χ1) is 8.16. The summed E-state index contributed by atoms with van der Waals surface area (Å²) in [5, 5.41) is 0. The molecular formula is C16H33NO. The fraction of sp³-hybridized carbons (Fsp3) is 0.938. The third-order valence-electron chi connectivity index (χ3n) is 3.23. The van der Waals surface area contributed by atoms with Crippen molar-refractivity contribution in [3.8, 4) is 0 Å². The minimum absolute atomic E-state index is 0.0902. The first kappa shape index (κ1) is 17.6. The van der Waals surface area contributed by atoms with Crippen molar-refractivity contribution in [2.45, 2.75) is 86.4 Å². The number of rotatable bonds is 8. The van der Waals surface area contributed by atoms with Crippen LogP contribution in [0.5, 0.6) is 0 Å². The molecule has 0 aliphatic heterocycles. The molecule has 0 saturated carbocycles. The lowest BCUT2D eigenvalue weighted by atomic mass is 9.92. The summed E-state index contributed by atoms with van der Waals surface area (Å²) in [6.45, 7) is 17.4. The van der Waals surface area contributed by atoms with E-state index in [1.165, 1.54) is 0 Å². The Kier molecular flexibility index (Phi) is 7.77. The number of ketones is 1. The Morgan fingerprint density at radius 1 is 0.833 bits per heavy atom. The van der Waals surface area contributed by atoms with Crippen molar-refractivity contribution in [3.63, 3.8) is 0 Å². The van der Waals surface area contributed by atoms with Crippen LogP contribution in [0.25, 0.3) is 0 Å². The highest BCUT2D eigenvalue weighted by molar-refractivity contribution is 5.84. The standard InChI is InChI=1S/C16H33NO/c1-11(2)9-15(16(18)10-12(3)4)17(13(5)6)14(7)8/h11-15H,9-10H2,1-8H3. The number of hydrogen-bond donors (Lipinski definition) is 0. The summed E-state index contributed by atoms with van der Waals surface area (Å²) >= 11 is 0. The number of nitrogens with zero attached hydrogens (tertiary/aromatic N) is 1. The van der Waals surface area contributed by atoms with Gasteiger partial charge in [0.15, 0.2) is 0 Å². The third-order valence-corrected chi connectivity index (χ3v) is 3.23. The Balaban J connectivity index is 4.99. The molecule has 0 N–H and O–H groups in total. The molecule has 0 aliphatic rings. The van der Waals surface area contributed by atoms with E-state index < -0.39 is 0 Å². The van der Waals surface area contributed by atoms with E-state index in [-0.39, 0.29) is 6.04 Å². The summed E-state index contributed by atoms with van der Waals surface area (Å²) in [5.41, 5.74) is 0. The lowest BCUT2D eigenvalue weighted by molar-refractivity contribution is -0.127. The predicted molar refractivity (Wildman–Crippen MR) is 79.8 cm³/mol. The Hall–Kier alpha value is -0.370. The zero-order valence-electron chi connectivity index (χ0n) is 13.7. The Morgan fingerprint density at radius 2 is 1.28 bits per heavy atom. The smallest absolute Gasteiger partial charge is 0.150 e. The monoisotopic (exact) mass is 255 g/mol. The minimum atomic E-state index is 0.0902. The molecule has 1 unspecified atom stereocenters. The highest BCUT2D eigenvalue weighted by atomic mass is 16.1. The molecule has 0 aromatic carbocycles. The fourth-order valence-electron chi connectivity index (χ4n) is 2.72. The van der Waals surface area contributed by atoms with Crippen LogP contribution in [0.2, 0.25) is 0 Å². The number of hydrogen-bond acceptors (Lipinski definition) is 2. The van der Waals surface area contributed by atoms with Gasteiger partial charge in [-0.25, -0.2) is 0 Å². The van der Waals surface area contributed by atoms with E-state index in [1.54, 1.807) is 0 Å². The summed E-state index contributed by atoms with van der Waals surface area (Å²) in [6, 6.07) is 0.933. The van der Waals surface area contributed by atoms with Gasteiger partial charge in [-0.2, -0.15) is 0 Å². The molecule has 0 radical (unpaired) electrons. The average Bonchev–Trinajstić information content (AvgIpc) is 2.13. The van der Waals surface area contributed by atoms with Gasteiger partial charge in [0.25, 0.3) is 0 Å². The summed E-state index contributed by atoms with van der Waals surface area (Å²) in [6.07, 6.45) is 1.68. The third kappa shape index (κ3) is 5.99. The van der Waals surface area contributed by atoms with E-state index in [4.69, 9.17) is 0 Å². The van der Waals surface area contributed by atoms with Gasteiger partial charge < -0.3 is 0 Å². The lowest BCUT2D eigenvalue weighted by Gasteiger charge is -2.38. The van der Waals surface area contributed by atoms with E-state index in [1.807, 2.05) is 0 Å². The van der Waals surface area contributed by atoms with Crippen molar-refractivity contribution in [1.29, 1.82) is 0 Å².